The molecule has 1 aliphatic carbocycles. The third-order valence-electron chi connectivity index (χ3n) is 8.15. The molecule has 0 atom stereocenters. The van der Waals surface area contributed by atoms with E-state index >= 15 is 4.39 Å². The highest BCUT2D eigenvalue weighted by Gasteiger charge is 2.23. The molecule has 1 aliphatic heterocycles. The van der Waals surface area contributed by atoms with Crippen molar-refractivity contribution in [1.29, 1.82) is 0 Å². The van der Waals surface area contributed by atoms with Gasteiger partial charge in [0.25, 0.3) is 0 Å². The van der Waals surface area contributed by atoms with E-state index in [1.165, 1.54) is 32.1 Å². The maximum absolute atomic E-state index is 16.1. The molecule has 0 spiro atoms. The van der Waals surface area contributed by atoms with E-state index < -0.39 is 5.82 Å². The van der Waals surface area contributed by atoms with E-state index in [2.05, 4.69) is 40.3 Å². The lowest BCUT2D eigenvalue weighted by atomic mass is 10.0. The predicted molar refractivity (Wildman–Crippen MR) is 150 cm³/mol. The van der Waals surface area contributed by atoms with Crippen LogP contribution < -0.4 is 10.2 Å². The predicted octanol–water partition coefficient (Wildman–Crippen LogP) is 5.37. The minimum Gasteiger partial charge on any atom is -0.370 e. The molecule has 200 valence electrons. The number of hydrogen-bond donors (Lipinski definition) is 3. The van der Waals surface area contributed by atoms with Gasteiger partial charge in [0, 0.05) is 55.5 Å². The monoisotopic (exact) mass is 525 g/mol. The molecule has 0 amide bonds. The lowest BCUT2D eigenvalue weighted by Gasteiger charge is -2.28. The van der Waals surface area contributed by atoms with Gasteiger partial charge in [-0.2, -0.15) is 5.10 Å². The number of nitrogens with one attached hydrogen (secondary N) is 3. The quantitative estimate of drug-likeness (QED) is 0.262. The average Bonchev–Trinajstić information content (AvgIpc) is 3.73. The first-order valence-electron chi connectivity index (χ1n) is 14.0. The van der Waals surface area contributed by atoms with E-state index in [-0.39, 0.29) is 0 Å². The Balaban J connectivity index is 1.21. The number of pyridine rings is 3. The molecular formula is C29H32FN9. The van der Waals surface area contributed by atoms with Gasteiger partial charge >= 0.3 is 0 Å². The summed E-state index contributed by atoms with van der Waals surface area (Å²) in [4.78, 5) is 23.8. The number of rotatable bonds is 7. The highest BCUT2D eigenvalue weighted by atomic mass is 19.1. The summed E-state index contributed by atoms with van der Waals surface area (Å²) in [5.41, 5.74) is 5.34. The minimum absolute atomic E-state index is 0.302. The summed E-state index contributed by atoms with van der Waals surface area (Å²) in [6.07, 6.45) is 15.7. The Morgan fingerprint density at radius 1 is 1.00 bits per heavy atom. The van der Waals surface area contributed by atoms with E-state index in [4.69, 9.17) is 4.98 Å². The number of aromatic nitrogens is 7. The van der Waals surface area contributed by atoms with Crippen LogP contribution in [0.15, 0.2) is 36.9 Å². The largest absolute Gasteiger partial charge is 0.370 e. The van der Waals surface area contributed by atoms with Crippen molar-refractivity contribution in [3.8, 4) is 22.6 Å². The summed E-state index contributed by atoms with van der Waals surface area (Å²) < 4.78 is 16.1. The van der Waals surface area contributed by atoms with Crippen molar-refractivity contribution >= 4 is 27.9 Å². The zero-order valence-electron chi connectivity index (χ0n) is 21.9. The fraction of sp³-hybridized carbons (Fsp3) is 0.414. The van der Waals surface area contributed by atoms with Crippen molar-refractivity contribution in [2.45, 2.75) is 51.5 Å². The summed E-state index contributed by atoms with van der Waals surface area (Å²) in [5.74, 6) is 0.828. The summed E-state index contributed by atoms with van der Waals surface area (Å²) in [5, 5.41) is 11.1. The van der Waals surface area contributed by atoms with Crippen LogP contribution in [0.25, 0.3) is 44.8 Å². The third kappa shape index (κ3) is 4.63. The number of anilines is 1. The molecule has 0 aromatic carbocycles. The number of fused-ring (bicyclic) bond motifs is 2. The number of piperidine rings is 1. The van der Waals surface area contributed by atoms with Crippen LogP contribution in [0.5, 0.6) is 0 Å². The number of imidazole rings is 1. The normalized spacial score (nSPS) is 16.6. The van der Waals surface area contributed by atoms with Gasteiger partial charge in [0.1, 0.15) is 17.0 Å². The fourth-order valence-electron chi connectivity index (χ4n) is 6.09. The molecule has 9 nitrogen and oxygen atoms in total. The van der Waals surface area contributed by atoms with E-state index in [0.29, 0.717) is 45.9 Å². The molecule has 2 aliphatic rings. The van der Waals surface area contributed by atoms with Crippen LogP contribution in [0, 0.1) is 11.7 Å². The van der Waals surface area contributed by atoms with Gasteiger partial charge in [0.05, 0.1) is 11.1 Å². The lowest BCUT2D eigenvalue weighted by Crippen LogP contribution is -2.29. The Morgan fingerprint density at radius 3 is 2.74 bits per heavy atom. The van der Waals surface area contributed by atoms with Gasteiger partial charge in [-0.3, -0.25) is 10.1 Å². The molecule has 1 saturated carbocycles. The number of nitrogens with zero attached hydrogens (tertiary/aromatic N) is 6. The topological polar surface area (TPSA) is 111 Å². The van der Waals surface area contributed by atoms with Crippen molar-refractivity contribution in [2.24, 2.45) is 5.92 Å². The van der Waals surface area contributed by atoms with Crippen molar-refractivity contribution in [3.05, 3.63) is 48.3 Å². The van der Waals surface area contributed by atoms with E-state index in [9.17, 15) is 0 Å². The zero-order valence-corrected chi connectivity index (χ0v) is 21.9. The van der Waals surface area contributed by atoms with Gasteiger partial charge in [-0.1, -0.05) is 12.8 Å². The first-order chi connectivity index (χ1) is 19.2. The molecule has 1 saturated heterocycles. The highest BCUT2D eigenvalue weighted by molar-refractivity contribution is 5.95. The smallest absolute Gasteiger partial charge is 0.161 e. The lowest BCUT2D eigenvalue weighted by molar-refractivity contribution is 0.489. The second-order valence-corrected chi connectivity index (χ2v) is 10.8. The van der Waals surface area contributed by atoms with Crippen molar-refractivity contribution in [3.63, 3.8) is 0 Å². The molecule has 0 unspecified atom stereocenters. The molecule has 3 N–H and O–H groups in total. The fourth-order valence-corrected chi connectivity index (χ4v) is 6.09. The van der Waals surface area contributed by atoms with Gasteiger partial charge in [-0.05, 0) is 62.3 Å². The Morgan fingerprint density at radius 2 is 1.87 bits per heavy atom. The number of H-pyrrole nitrogens is 2. The van der Waals surface area contributed by atoms with Gasteiger partial charge in [0.2, 0.25) is 0 Å². The molecule has 2 fully saturated rings. The molecule has 5 aromatic heterocycles. The van der Waals surface area contributed by atoms with Crippen LogP contribution in [0.1, 0.15) is 50.5 Å². The highest BCUT2D eigenvalue weighted by Crippen LogP contribution is 2.34. The molecule has 0 bridgehead atoms. The van der Waals surface area contributed by atoms with E-state index in [1.54, 1.807) is 18.6 Å². The Kier molecular flexibility index (Phi) is 6.40. The van der Waals surface area contributed by atoms with Crippen LogP contribution in [-0.4, -0.2) is 54.8 Å². The Bertz CT molecular complexity index is 1610. The minimum atomic E-state index is -0.397. The summed E-state index contributed by atoms with van der Waals surface area (Å²) in [6.45, 7) is 3.71. The Labute approximate surface area is 225 Å². The van der Waals surface area contributed by atoms with Crippen molar-refractivity contribution in [1.82, 2.24) is 40.4 Å². The molecule has 39 heavy (non-hydrogen) atoms. The molecule has 7 rings (SSSR count). The molecule has 10 heteroatoms. The second kappa shape index (κ2) is 10.3. The standard InChI is InChI=1S/C29H32FN9/c30-24-21(20-12-19(15-32-16-20)14-31-13-18-6-2-3-7-18)17-34-27-23(24)26(37-38-27)29-35-25-22(8-9-33-28(25)36-29)39-10-4-1-5-11-39/h8-9,12,15-18,31H,1-7,10-11,13-14H2,(H,33,35,36)(H,34,37,38). The van der Waals surface area contributed by atoms with Crippen molar-refractivity contribution < 1.29 is 4.39 Å². The second-order valence-electron chi connectivity index (χ2n) is 10.8. The van der Waals surface area contributed by atoms with E-state index in [0.717, 1.165) is 55.2 Å². The number of hydrogen-bond acceptors (Lipinski definition) is 7. The summed E-state index contributed by atoms with van der Waals surface area (Å²) in [6, 6.07) is 3.99. The van der Waals surface area contributed by atoms with Gasteiger partial charge in [-0.25, -0.2) is 19.3 Å². The maximum Gasteiger partial charge on any atom is 0.161 e. The average molecular weight is 526 g/mol. The third-order valence-corrected chi connectivity index (χ3v) is 8.15. The Hall–Kier alpha value is -3.92. The zero-order chi connectivity index (χ0) is 26.2. The van der Waals surface area contributed by atoms with Crippen molar-refractivity contribution in [2.75, 3.05) is 24.5 Å². The first-order valence-corrected chi connectivity index (χ1v) is 14.0. The number of aromatic amines is 2. The van der Waals surface area contributed by atoms with Crippen LogP contribution in [0.4, 0.5) is 10.1 Å². The van der Waals surface area contributed by atoms with Gasteiger partial charge in [0.15, 0.2) is 17.1 Å². The summed E-state index contributed by atoms with van der Waals surface area (Å²) in [7, 11) is 0. The summed E-state index contributed by atoms with van der Waals surface area (Å²) >= 11 is 0. The molecular weight excluding hydrogens is 493 g/mol. The molecule has 6 heterocycles. The number of halogens is 1. The van der Waals surface area contributed by atoms with Crippen LogP contribution in [0.3, 0.4) is 0 Å². The first kappa shape index (κ1) is 24.1. The molecule has 5 aromatic rings. The van der Waals surface area contributed by atoms with E-state index in [1.807, 2.05) is 18.3 Å². The van der Waals surface area contributed by atoms with Crippen LogP contribution in [-0.2, 0) is 6.54 Å². The SMILES string of the molecule is Fc1c(-c2cncc(CNCC3CCCC3)c2)cnc2[nH]nc(-c3nc4c(N5CCCCC5)ccnc4[nH]3)c12. The van der Waals surface area contributed by atoms with Gasteiger partial charge < -0.3 is 15.2 Å². The van der Waals surface area contributed by atoms with Crippen LogP contribution >= 0.6 is 0 Å². The van der Waals surface area contributed by atoms with Crippen LogP contribution in [0.2, 0.25) is 0 Å². The van der Waals surface area contributed by atoms with Gasteiger partial charge in [-0.15, -0.1) is 0 Å². The molecule has 0 radical (unpaired) electrons. The maximum atomic E-state index is 16.1.